The number of amides is 2. The van der Waals surface area contributed by atoms with Crippen molar-refractivity contribution in [3.8, 4) is 11.5 Å². The van der Waals surface area contributed by atoms with Crippen LogP contribution in [0.3, 0.4) is 0 Å². The number of carbonyl (C=O) groups excluding carboxylic acids is 2. The van der Waals surface area contributed by atoms with Crippen molar-refractivity contribution in [3.05, 3.63) is 64.7 Å². The molecule has 0 unspecified atom stereocenters. The van der Waals surface area contributed by atoms with Crippen LogP contribution in [0.15, 0.2) is 42.5 Å². The zero-order chi connectivity index (χ0) is 18.5. The number of ether oxygens (including phenoxy) is 2. The minimum Gasteiger partial charge on any atom is -0.486 e. The Bertz CT molecular complexity index is 874. The van der Waals surface area contributed by atoms with E-state index in [4.69, 9.17) is 9.47 Å². The molecule has 0 saturated carbocycles. The summed E-state index contributed by atoms with van der Waals surface area (Å²) >= 11 is 0. The third kappa shape index (κ3) is 4.22. The lowest BCUT2D eigenvalue weighted by molar-refractivity contribution is -0.117. The molecular weight excluding hydrogens is 332 g/mol. The van der Waals surface area contributed by atoms with Gasteiger partial charge in [0.15, 0.2) is 11.5 Å². The molecule has 3 rings (SSSR count). The van der Waals surface area contributed by atoms with Gasteiger partial charge in [0, 0.05) is 11.6 Å². The molecule has 26 heavy (non-hydrogen) atoms. The van der Waals surface area contributed by atoms with E-state index in [2.05, 4.69) is 10.9 Å². The summed E-state index contributed by atoms with van der Waals surface area (Å²) in [6.45, 7) is 4.85. The second-order valence-electron chi connectivity index (χ2n) is 6.00. The normalized spacial score (nSPS) is 12.7. The zero-order valence-electron chi connectivity index (χ0n) is 14.7. The second kappa shape index (κ2) is 7.74. The molecule has 134 valence electrons. The van der Waals surface area contributed by atoms with Gasteiger partial charge in [0.05, 0.1) is 0 Å². The van der Waals surface area contributed by atoms with Crippen LogP contribution >= 0.6 is 0 Å². The molecule has 2 N–H and O–H groups in total. The smallest absolute Gasteiger partial charge is 0.269 e. The molecule has 2 aromatic carbocycles. The van der Waals surface area contributed by atoms with Gasteiger partial charge in [-0.05, 0) is 49.2 Å². The van der Waals surface area contributed by atoms with E-state index in [9.17, 15) is 9.59 Å². The first kappa shape index (κ1) is 17.5. The number of hydrazine groups is 1. The zero-order valence-corrected chi connectivity index (χ0v) is 14.7. The number of fused-ring (bicyclic) bond motifs is 1. The number of hydrogen-bond donors (Lipinski definition) is 2. The van der Waals surface area contributed by atoms with Crippen molar-refractivity contribution in [2.45, 2.75) is 13.8 Å². The van der Waals surface area contributed by atoms with Crippen molar-refractivity contribution >= 4 is 17.9 Å². The maximum Gasteiger partial charge on any atom is 0.269 e. The topological polar surface area (TPSA) is 76.7 Å². The minimum absolute atomic E-state index is 0.358. The number of aryl methyl sites for hydroxylation is 2. The fraction of sp³-hybridized carbons (Fsp3) is 0.200. The van der Waals surface area contributed by atoms with Gasteiger partial charge in [0.2, 0.25) is 0 Å². The van der Waals surface area contributed by atoms with E-state index in [-0.39, 0.29) is 5.91 Å². The van der Waals surface area contributed by atoms with Crippen molar-refractivity contribution in [2.24, 2.45) is 0 Å². The predicted molar refractivity (Wildman–Crippen MR) is 98.0 cm³/mol. The summed E-state index contributed by atoms with van der Waals surface area (Å²) in [4.78, 5) is 24.0. The first-order valence-corrected chi connectivity index (χ1v) is 8.28. The number of hydrogen-bond acceptors (Lipinski definition) is 4. The molecule has 0 aliphatic carbocycles. The van der Waals surface area contributed by atoms with Crippen LogP contribution in [0.25, 0.3) is 6.08 Å². The second-order valence-corrected chi connectivity index (χ2v) is 6.00. The van der Waals surface area contributed by atoms with Crippen LogP contribution in [0.5, 0.6) is 11.5 Å². The van der Waals surface area contributed by atoms with Crippen molar-refractivity contribution in [1.29, 1.82) is 0 Å². The van der Waals surface area contributed by atoms with Crippen LogP contribution in [0.2, 0.25) is 0 Å². The number of benzene rings is 2. The van der Waals surface area contributed by atoms with Crippen molar-refractivity contribution in [2.75, 3.05) is 13.2 Å². The van der Waals surface area contributed by atoms with E-state index in [0.29, 0.717) is 30.3 Å². The Morgan fingerprint density at radius 1 is 0.962 bits per heavy atom. The summed E-state index contributed by atoms with van der Waals surface area (Å²) in [5, 5.41) is 0. The molecule has 2 aromatic rings. The lowest BCUT2D eigenvalue weighted by Gasteiger charge is -2.18. The molecule has 0 aromatic heterocycles. The average Bonchev–Trinajstić information content (AvgIpc) is 2.64. The van der Waals surface area contributed by atoms with E-state index in [0.717, 1.165) is 16.7 Å². The van der Waals surface area contributed by atoms with Gasteiger partial charge in [0.1, 0.15) is 13.2 Å². The molecule has 0 radical (unpaired) electrons. The molecule has 0 spiro atoms. The number of carbonyl (C=O) groups is 2. The lowest BCUT2D eigenvalue weighted by atomic mass is 10.1. The Morgan fingerprint density at radius 3 is 2.50 bits per heavy atom. The van der Waals surface area contributed by atoms with Gasteiger partial charge in [-0.15, -0.1) is 0 Å². The molecule has 1 heterocycles. The summed E-state index contributed by atoms with van der Waals surface area (Å²) in [6, 6.07) is 10.9. The maximum absolute atomic E-state index is 12.1. The molecule has 0 bridgehead atoms. The molecule has 0 saturated heterocycles. The van der Waals surface area contributed by atoms with Gasteiger partial charge in [-0.1, -0.05) is 23.8 Å². The maximum atomic E-state index is 12.1. The summed E-state index contributed by atoms with van der Waals surface area (Å²) in [5.41, 5.74) is 8.03. The quantitative estimate of drug-likeness (QED) is 0.657. The first-order chi connectivity index (χ1) is 12.5. The Hall–Kier alpha value is -3.28. The van der Waals surface area contributed by atoms with Crippen LogP contribution in [0.1, 0.15) is 27.0 Å². The van der Waals surface area contributed by atoms with Crippen molar-refractivity contribution in [1.82, 2.24) is 10.9 Å². The van der Waals surface area contributed by atoms with E-state index in [1.807, 2.05) is 32.0 Å². The van der Waals surface area contributed by atoms with Gasteiger partial charge < -0.3 is 9.47 Å². The number of nitrogens with one attached hydrogen (secondary N) is 2. The lowest BCUT2D eigenvalue weighted by Crippen LogP contribution is -2.41. The van der Waals surface area contributed by atoms with E-state index >= 15 is 0 Å². The summed E-state index contributed by atoms with van der Waals surface area (Å²) in [5.74, 6) is 0.558. The van der Waals surface area contributed by atoms with Crippen LogP contribution in [0.4, 0.5) is 0 Å². The minimum atomic E-state index is -0.432. The Labute approximate surface area is 151 Å². The van der Waals surface area contributed by atoms with Crippen LogP contribution < -0.4 is 20.3 Å². The largest absolute Gasteiger partial charge is 0.486 e. The molecule has 6 nitrogen and oxygen atoms in total. The molecular formula is C20H20N2O4. The standard InChI is InChI=1S/C20H20N2O4/c1-13-3-6-16(14(2)11-13)20(24)22-21-19(23)8-5-15-4-7-17-18(12-15)26-10-9-25-17/h3-8,11-12H,9-10H2,1-2H3,(H,21,23)(H,22,24)/b8-5+. The third-order valence-corrected chi connectivity index (χ3v) is 3.92. The molecule has 0 fully saturated rings. The fourth-order valence-corrected chi connectivity index (χ4v) is 2.63. The molecule has 1 aliphatic rings. The highest BCUT2D eigenvalue weighted by atomic mass is 16.6. The van der Waals surface area contributed by atoms with E-state index in [1.54, 1.807) is 24.3 Å². The predicted octanol–water partition coefficient (Wildman–Crippen LogP) is 2.55. The monoisotopic (exact) mass is 352 g/mol. The summed E-state index contributed by atoms with van der Waals surface area (Å²) in [6.07, 6.45) is 2.98. The van der Waals surface area contributed by atoms with Crippen molar-refractivity contribution in [3.63, 3.8) is 0 Å². The van der Waals surface area contributed by atoms with Crippen LogP contribution in [-0.4, -0.2) is 25.0 Å². The molecule has 1 aliphatic heterocycles. The number of rotatable bonds is 3. The summed E-state index contributed by atoms with van der Waals surface area (Å²) in [7, 11) is 0. The van der Waals surface area contributed by atoms with E-state index < -0.39 is 5.91 Å². The molecule has 6 heteroatoms. The van der Waals surface area contributed by atoms with E-state index in [1.165, 1.54) is 6.08 Å². The molecule has 2 amide bonds. The van der Waals surface area contributed by atoms with Gasteiger partial charge in [-0.25, -0.2) is 0 Å². The Balaban J connectivity index is 1.57. The highest BCUT2D eigenvalue weighted by molar-refractivity contribution is 5.98. The highest BCUT2D eigenvalue weighted by Crippen LogP contribution is 2.31. The van der Waals surface area contributed by atoms with Gasteiger partial charge in [-0.2, -0.15) is 0 Å². The van der Waals surface area contributed by atoms with Gasteiger partial charge in [-0.3, -0.25) is 20.4 Å². The third-order valence-electron chi connectivity index (χ3n) is 3.92. The molecule has 0 atom stereocenters. The van der Waals surface area contributed by atoms with Crippen molar-refractivity contribution < 1.29 is 19.1 Å². The highest BCUT2D eigenvalue weighted by Gasteiger charge is 2.11. The fourth-order valence-electron chi connectivity index (χ4n) is 2.63. The average molecular weight is 352 g/mol. The Morgan fingerprint density at radius 2 is 1.73 bits per heavy atom. The summed E-state index contributed by atoms with van der Waals surface area (Å²) < 4.78 is 11.0. The van der Waals surface area contributed by atoms with Crippen LogP contribution in [0, 0.1) is 13.8 Å². The SMILES string of the molecule is Cc1ccc(C(=O)NNC(=O)/C=C/c2ccc3c(c2)OCCO3)c(C)c1. The van der Waals surface area contributed by atoms with Gasteiger partial charge in [0.25, 0.3) is 11.8 Å². The first-order valence-electron chi connectivity index (χ1n) is 8.28. The Kier molecular flexibility index (Phi) is 5.22. The van der Waals surface area contributed by atoms with Gasteiger partial charge >= 0.3 is 0 Å². The van der Waals surface area contributed by atoms with Crippen LogP contribution in [-0.2, 0) is 4.79 Å².